The van der Waals surface area contributed by atoms with Gasteiger partial charge in [0.15, 0.2) is 5.65 Å². The van der Waals surface area contributed by atoms with Crippen LogP contribution >= 0.6 is 0 Å². The van der Waals surface area contributed by atoms with E-state index >= 15 is 0 Å². The topological polar surface area (TPSA) is 127 Å². The monoisotopic (exact) mass is 443 g/mol. The number of amides is 1. The van der Waals surface area contributed by atoms with E-state index in [2.05, 4.69) is 20.3 Å². The van der Waals surface area contributed by atoms with Gasteiger partial charge in [-0.15, -0.1) is 0 Å². The molecule has 9 nitrogen and oxygen atoms in total. The Morgan fingerprint density at radius 1 is 1.03 bits per heavy atom. The molecule has 1 aliphatic carbocycles. The van der Waals surface area contributed by atoms with Gasteiger partial charge in [-0.1, -0.05) is 6.07 Å². The number of carbonyl (C=O) groups is 2. The van der Waals surface area contributed by atoms with E-state index in [0.29, 0.717) is 42.1 Å². The van der Waals surface area contributed by atoms with E-state index in [1.165, 1.54) is 10.7 Å². The molecule has 0 bridgehead atoms. The molecule has 2 N–H and O–H groups in total. The van der Waals surface area contributed by atoms with Crippen LogP contribution < -0.4 is 10.9 Å². The smallest absolute Gasteiger partial charge is 0.306 e. The number of carboxylic acid groups (broad SMARTS) is 1. The maximum atomic E-state index is 13.2. The normalized spacial score (nSPS) is 18.3. The van der Waals surface area contributed by atoms with E-state index in [9.17, 15) is 14.4 Å². The highest BCUT2D eigenvalue weighted by atomic mass is 16.4. The zero-order valence-corrected chi connectivity index (χ0v) is 17.6. The van der Waals surface area contributed by atoms with E-state index < -0.39 is 5.97 Å². The van der Waals surface area contributed by atoms with Crippen LogP contribution in [0.2, 0.25) is 0 Å². The van der Waals surface area contributed by atoms with Gasteiger partial charge in [0.05, 0.1) is 22.4 Å². The molecule has 4 aromatic rings. The molecule has 33 heavy (non-hydrogen) atoms. The van der Waals surface area contributed by atoms with Gasteiger partial charge in [-0.25, -0.2) is 15.0 Å². The van der Waals surface area contributed by atoms with Crippen LogP contribution in [0.4, 0.5) is 0 Å². The molecular weight excluding hydrogens is 422 g/mol. The summed E-state index contributed by atoms with van der Waals surface area (Å²) < 4.78 is 1.38. The number of hydrogen-bond donors (Lipinski definition) is 2. The number of carboxylic acids is 1. The summed E-state index contributed by atoms with van der Waals surface area (Å²) in [6.45, 7) is 0. The zero-order valence-electron chi connectivity index (χ0n) is 17.6. The minimum absolute atomic E-state index is 0.101. The third-order valence-corrected chi connectivity index (χ3v) is 6.19. The van der Waals surface area contributed by atoms with Crippen molar-refractivity contribution in [3.8, 4) is 11.1 Å². The molecule has 0 aliphatic heterocycles. The Morgan fingerprint density at radius 2 is 1.79 bits per heavy atom. The Morgan fingerprint density at radius 3 is 2.52 bits per heavy atom. The summed E-state index contributed by atoms with van der Waals surface area (Å²) in [7, 11) is 0. The summed E-state index contributed by atoms with van der Waals surface area (Å²) >= 11 is 0. The molecule has 1 aromatic carbocycles. The van der Waals surface area contributed by atoms with Crippen molar-refractivity contribution in [2.24, 2.45) is 5.92 Å². The molecule has 1 fully saturated rings. The zero-order chi connectivity index (χ0) is 22.9. The SMILES string of the molecule is O=C(NC1CCC(C(=O)O)CC1)c1cccn2c(=O)c3cc(-c4cncnc4)ccc3nc12. The lowest BCUT2D eigenvalue weighted by Gasteiger charge is -2.26. The Balaban J connectivity index is 1.49. The van der Waals surface area contributed by atoms with Crippen molar-refractivity contribution in [1.82, 2.24) is 24.7 Å². The van der Waals surface area contributed by atoms with E-state index in [0.717, 1.165) is 11.1 Å². The first-order chi connectivity index (χ1) is 16.0. The summed E-state index contributed by atoms with van der Waals surface area (Å²) in [5.74, 6) is -1.46. The number of nitrogens with one attached hydrogen (secondary N) is 1. The molecule has 0 saturated heterocycles. The number of aromatic nitrogens is 4. The van der Waals surface area contributed by atoms with Crippen molar-refractivity contribution in [3.63, 3.8) is 0 Å². The van der Waals surface area contributed by atoms with Gasteiger partial charge in [-0.05, 0) is 55.5 Å². The van der Waals surface area contributed by atoms with Crippen molar-refractivity contribution in [2.75, 3.05) is 0 Å². The number of fused-ring (bicyclic) bond motifs is 2. The van der Waals surface area contributed by atoms with Gasteiger partial charge < -0.3 is 10.4 Å². The number of carbonyl (C=O) groups excluding carboxylic acids is 1. The Labute approximate surface area is 188 Å². The second-order valence-corrected chi connectivity index (χ2v) is 8.25. The molecule has 3 heterocycles. The molecule has 5 rings (SSSR count). The fraction of sp³-hybridized carbons (Fsp3) is 0.250. The van der Waals surface area contributed by atoms with Gasteiger partial charge in [-0.2, -0.15) is 0 Å². The Bertz CT molecular complexity index is 1430. The van der Waals surface area contributed by atoms with Gasteiger partial charge in [0.2, 0.25) is 0 Å². The quantitative estimate of drug-likeness (QED) is 0.464. The highest BCUT2D eigenvalue weighted by molar-refractivity contribution is 6.00. The number of benzene rings is 1. The molecule has 0 spiro atoms. The second kappa shape index (κ2) is 8.42. The third-order valence-electron chi connectivity index (χ3n) is 6.19. The number of nitrogens with zero attached hydrogens (tertiary/aromatic N) is 4. The summed E-state index contributed by atoms with van der Waals surface area (Å²) in [6.07, 6.45) is 8.67. The highest BCUT2D eigenvalue weighted by Gasteiger charge is 2.27. The molecule has 0 unspecified atom stereocenters. The van der Waals surface area contributed by atoms with Crippen LogP contribution in [-0.2, 0) is 4.79 Å². The van der Waals surface area contributed by atoms with Gasteiger partial charge in [-0.3, -0.25) is 18.8 Å². The Hall–Kier alpha value is -4.14. The van der Waals surface area contributed by atoms with Crippen LogP contribution in [0.3, 0.4) is 0 Å². The standard InChI is InChI=1S/C24H21N5O4/c30-22(27-17-6-3-14(4-7-17)24(32)33)18-2-1-9-29-21(18)28-20-8-5-15(10-19(20)23(29)31)16-11-25-13-26-12-16/h1-2,5,8-14,17H,3-4,6-7H2,(H,27,30)(H,32,33). The van der Waals surface area contributed by atoms with Crippen LogP contribution in [0.15, 0.2) is 60.0 Å². The van der Waals surface area contributed by atoms with E-state index in [4.69, 9.17) is 5.11 Å². The molecule has 1 aliphatic rings. The van der Waals surface area contributed by atoms with Gasteiger partial charge in [0.25, 0.3) is 11.5 Å². The number of hydrogen-bond acceptors (Lipinski definition) is 6. The largest absolute Gasteiger partial charge is 0.481 e. The first-order valence-electron chi connectivity index (χ1n) is 10.8. The van der Waals surface area contributed by atoms with Gasteiger partial charge in [0, 0.05) is 30.2 Å². The van der Waals surface area contributed by atoms with Gasteiger partial charge in [0.1, 0.15) is 6.33 Å². The van der Waals surface area contributed by atoms with Crippen LogP contribution in [0.5, 0.6) is 0 Å². The number of rotatable bonds is 4. The molecule has 1 amide bonds. The maximum absolute atomic E-state index is 13.2. The fourth-order valence-electron chi connectivity index (χ4n) is 4.38. The summed E-state index contributed by atoms with van der Waals surface area (Å²) in [6, 6.07) is 8.53. The minimum Gasteiger partial charge on any atom is -0.481 e. The molecule has 0 atom stereocenters. The van der Waals surface area contributed by atoms with Crippen molar-refractivity contribution < 1.29 is 14.7 Å². The van der Waals surface area contributed by atoms with E-state index in [-0.39, 0.29) is 29.1 Å². The molecule has 0 radical (unpaired) electrons. The van der Waals surface area contributed by atoms with Crippen LogP contribution in [0, 0.1) is 5.92 Å². The molecule has 3 aromatic heterocycles. The molecule has 9 heteroatoms. The van der Waals surface area contributed by atoms with E-state index in [1.54, 1.807) is 42.9 Å². The predicted octanol–water partition coefficient (Wildman–Crippen LogP) is 2.68. The fourth-order valence-corrected chi connectivity index (χ4v) is 4.38. The predicted molar refractivity (Wildman–Crippen MR) is 121 cm³/mol. The summed E-state index contributed by atoms with van der Waals surface area (Å²) in [5.41, 5.74) is 2.38. The lowest BCUT2D eigenvalue weighted by Crippen LogP contribution is -2.39. The second-order valence-electron chi connectivity index (χ2n) is 8.25. The number of pyridine rings is 1. The summed E-state index contributed by atoms with van der Waals surface area (Å²) in [5, 5.41) is 12.6. The average molecular weight is 443 g/mol. The van der Waals surface area contributed by atoms with E-state index in [1.807, 2.05) is 6.07 Å². The highest BCUT2D eigenvalue weighted by Crippen LogP contribution is 2.25. The van der Waals surface area contributed by atoms with Crippen molar-refractivity contribution >= 4 is 28.4 Å². The first kappa shape index (κ1) is 20.7. The van der Waals surface area contributed by atoms with Crippen molar-refractivity contribution in [3.05, 3.63) is 71.2 Å². The lowest BCUT2D eigenvalue weighted by atomic mass is 9.86. The lowest BCUT2D eigenvalue weighted by molar-refractivity contribution is -0.142. The maximum Gasteiger partial charge on any atom is 0.306 e. The average Bonchev–Trinajstić information content (AvgIpc) is 2.84. The number of aliphatic carboxylic acids is 1. The first-order valence-corrected chi connectivity index (χ1v) is 10.8. The molecule has 166 valence electrons. The summed E-state index contributed by atoms with van der Waals surface area (Å²) in [4.78, 5) is 50.1. The van der Waals surface area contributed by atoms with Crippen LogP contribution in [0.25, 0.3) is 27.7 Å². The van der Waals surface area contributed by atoms with Crippen LogP contribution in [-0.4, -0.2) is 42.4 Å². The molecular formula is C24H21N5O4. The third kappa shape index (κ3) is 3.93. The van der Waals surface area contributed by atoms with Gasteiger partial charge >= 0.3 is 5.97 Å². The Kier molecular flexibility index (Phi) is 5.29. The molecule has 1 saturated carbocycles. The minimum atomic E-state index is -0.785. The van der Waals surface area contributed by atoms with Crippen molar-refractivity contribution in [1.29, 1.82) is 0 Å². The van der Waals surface area contributed by atoms with Crippen LogP contribution in [0.1, 0.15) is 36.0 Å². The van der Waals surface area contributed by atoms with Crippen molar-refractivity contribution in [2.45, 2.75) is 31.7 Å².